The van der Waals surface area contributed by atoms with Gasteiger partial charge in [-0.3, -0.25) is 0 Å². The molecule has 0 radical (unpaired) electrons. The number of aromatic carboxylic acids is 1. The van der Waals surface area contributed by atoms with Crippen LogP contribution in [0.25, 0.3) is 0 Å². The third-order valence-corrected chi connectivity index (χ3v) is 4.40. The molecule has 3 heterocycles. The van der Waals surface area contributed by atoms with Crippen LogP contribution in [-0.4, -0.2) is 73.9 Å². The molecule has 0 unspecified atom stereocenters. The molecular formula is C19H26N8O4. The Labute approximate surface area is 179 Å². The minimum absolute atomic E-state index is 0.0542. The number of carboxylic acid groups (broad SMARTS) is 1. The summed E-state index contributed by atoms with van der Waals surface area (Å²) in [4.78, 5) is 43.9. The maximum absolute atomic E-state index is 12.0. The summed E-state index contributed by atoms with van der Waals surface area (Å²) in [7, 11) is 0. The number of ether oxygens (including phenoxy) is 1. The van der Waals surface area contributed by atoms with Crippen LogP contribution in [-0.2, 0) is 11.3 Å². The molecule has 1 fully saturated rings. The monoisotopic (exact) mass is 430 g/mol. The minimum atomic E-state index is -1.05. The fourth-order valence-electron chi connectivity index (χ4n) is 2.88. The van der Waals surface area contributed by atoms with Crippen LogP contribution in [0.2, 0.25) is 0 Å². The lowest BCUT2D eigenvalue weighted by Gasteiger charge is -2.34. The van der Waals surface area contributed by atoms with Gasteiger partial charge in [0.1, 0.15) is 5.60 Å². The average molecular weight is 430 g/mol. The molecule has 2 aromatic heterocycles. The Morgan fingerprint density at radius 1 is 1.00 bits per heavy atom. The number of amides is 1. The first-order chi connectivity index (χ1) is 14.6. The minimum Gasteiger partial charge on any atom is -0.478 e. The number of anilines is 2. The first kappa shape index (κ1) is 22.2. The van der Waals surface area contributed by atoms with E-state index < -0.39 is 17.7 Å². The molecule has 0 bridgehead atoms. The second-order valence-corrected chi connectivity index (χ2v) is 8.05. The first-order valence-corrected chi connectivity index (χ1v) is 9.74. The molecule has 12 nitrogen and oxygen atoms in total. The number of carbonyl (C=O) groups excluding carboxylic acids is 1. The van der Waals surface area contributed by atoms with Gasteiger partial charge in [0, 0.05) is 56.5 Å². The largest absolute Gasteiger partial charge is 0.478 e. The van der Waals surface area contributed by atoms with E-state index in [0.717, 1.165) is 5.01 Å². The summed E-state index contributed by atoms with van der Waals surface area (Å²) in [5.41, 5.74) is 0.113. The van der Waals surface area contributed by atoms with Crippen LogP contribution in [0.3, 0.4) is 0 Å². The Balaban J connectivity index is 1.53. The fourth-order valence-corrected chi connectivity index (χ4v) is 2.88. The summed E-state index contributed by atoms with van der Waals surface area (Å²) in [6.45, 7) is 8.05. The number of carbonyl (C=O) groups is 2. The van der Waals surface area contributed by atoms with Gasteiger partial charge < -0.3 is 19.6 Å². The van der Waals surface area contributed by atoms with E-state index in [0.29, 0.717) is 43.6 Å². The van der Waals surface area contributed by atoms with E-state index in [1.807, 2.05) is 9.80 Å². The molecule has 12 heteroatoms. The molecule has 0 aromatic carbocycles. The van der Waals surface area contributed by atoms with E-state index in [4.69, 9.17) is 15.7 Å². The van der Waals surface area contributed by atoms with Crippen molar-refractivity contribution >= 4 is 24.0 Å². The molecule has 0 atom stereocenters. The van der Waals surface area contributed by atoms with Gasteiger partial charge in [0.2, 0.25) is 11.9 Å². The second kappa shape index (κ2) is 9.08. The van der Waals surface area contributed by atoms with Crippen LogP contribution in [0.1, 0.15) is 36.7 Å². The van der Waals surface area contributed by atoms with Crippen molar-refractivity contribution in [2.75, 3.05) is 36.0 Å². The Morgan fingerprint density at radius 3 is 1.87 bits per heavy atom. The Kier molecular flexibility index (Phi) is 6.49. The summed E-state index contributed by atoms with van der Waals surface area (Å²) in [6, 6.07) is 0. The van der Waals surface area contributed by atoms with Crippen molar-refractivity contribution in [3.8, 4) is 0 Å². The number of rotatable bonds is 5. The van der Waals surface area contributed by atoms with Crippen LogP contribution in [0.15, 0.2) is 24.8 Å². The van der Waals surface area contributed by atoms with Crippen molar-refractivity contribution in [1.82, 2.24) is 24.9 Å². The summed E-state index contributed by atoms with van der Waals surface area (Å²) in [5, 5.41) is 9.92. The summed E-state index contributed by atoms with van der Waals surface area (Å²) >= 11 is 0. The van der Waals surface area contributed by atoms with Gasteiger partial charge in [-0.1, -0.05) is 0 Å². The molecule has 1 amide bonds. The topological polar surface area (TPSA) is 151 Å². The van der Waals surface area contributed by atoms with Gasteiger partial charge in [-0.05, 0) is 20.8 Å². The molecule has 31 heavy (non-hydrogen) atoms. The standard InChI is InChI=1S/C19H26N8O4/c1-19(2,3)31-18(30)27(20)12-13-8-21-16(22-9-13)25-4-6-26(7-5-25)17-23-10-14(11-24-17)15(28)29/h8-11H,4-7,12,20H2,1-3H3,(H,28,29). The van der Waals surface area contributed by atoms with E-state index in [1.54, 1.807) is 33.2 Å². The molecule has 0 aliphatic carbocycles. The van der Waals surface area contributed by atoms with Gasteiger partial charge in [-0.15, -0.1) is 0 Å². The van der Waals surface area contributed by atoms with Crippen molar-refractivity contribution in [2.45, 2.75) is 32.9 Å². The van der Waals surface area contributed by atoms with Gasteiger partial charge >= 0.3 is 12.1 Å². The normalized spacial score (nSPS) is 14.3. The van der Waals surface area contributed by atoms with Gasteiger partial charge in [0.05, 0.1) is 12.1 Å². The quantitative estimate of drug-likeness (QED) is 0.395. The number of hydrogen-bond donors (Lipinski definition) is 2. The van der Waals surface area contributed by atoms with Gasteiger partial charge in [0.25, 0.3) is 0 Å². The van der Waals surface area contributed by atoms with E-state index in [9.17, 15) is 9.59 Å². The zero-order chi connectivity index (χ0) is 22.6. The highest BCUT2D eigenvalue weighted by atomic mass is 16.6. The van der Waals surface area contributed by atoms with E-state index in [2.05, 4.69) is 19.9 Å². The second-order valence-electron chi connectivity index (χ2n) is 8.05. The van der Waals surface area contributed by atoms with Crippen LogP contribution in [0.5, 0.6) is 0 Å². The summed E-state index contributed by atoms with van der Waals surface area (Å²) < 4.78 is 5.22. The van der Waals surface area contributed by atoms with E-state index in [1.165, 1.54) is 12.4 Å². The third kappa shape index (κ3) is 5.98. The van der Waals surface area contributed by atoms with Crippen LogP contribution in [0, 0.1) is 0 Å². The zero-order valence-electron chi connectivity index (χ0n) is 17.7. The predicted octanol–water partition coefficient (Wildman–Crippen LogP) is 0.902. The SMILES string of the molecule is CC(C)(C)OC(=O)N(N)Cc1cnc(N2CCN(c3ncc(C(=O)O)cn3)CC2)nc1. The molecular weight excluding hydrogens is 404 g/mol. The van der Waals surface area contributed by atoms with Crippen molar-refractivity contribution < 1.29 is 19.4 Å². The Morgan fingerprint density at radius 2 is 1.45 bits per heavy atom. The average Bonchev–Trinajstić information content (AvgIpc) is 2.73. The number of aromatic nitrogens is 4. The number of hydrazine groups is 1. The molecule has 2 aromatic rings. The lowest BCUT2D eigenvalue weighted by Crippen LogP contribution is -2.47. The molecule has 1 saturated heterocycles. The molecule has 3 rings (SSSR count). The van der Waals surface area contributed by atoms with E-state index >= 15 is 0 Å². The zero-order valence-corrected chi connectivity index (χ0v) is 17.7. The number of piperazine rings is 1. The molecule has 3 N–H and O–H groups in total. The molecule has 1 aliphatic heterocycles. The van der Waals surface area contributed by atoms with Crippen molar-refractivity contribution in [2.24, 2.45) is 5.84 Å². The van der Waals surface area contributed by atoms with E-state index in [-0.39, 0.29) is 12.1 Å². The van der Waals surface area contributed by atoms with Crippen molar-refractivity contribution in [1.29, 1.82) is 0 Å². The third-order valence-electron chi connectivity index (χ3n) is 4.40. The lowest BCUT2D eigenvalue weighted by atomic mass is 10.2. The molecule has 1 aliphatic rings. The van der Waals surface area contributed by atoms with Gasteiger partial charge in [-0.25, -0.2) is 40.4 Å². The van der Waals surface area contributed by atoms with Crippen LogP contribution >= 0.6 is 0 Å². The molecule has 0 saturated carbocycles. The predicted molar refractivity (Wildman–Crippen MR) is 111 cm³/mol. The maximum Gasteiger partial charge on any atom is 0.424 e. The lowest BCUT2D eigenvalue weighted by molar-refractivity contribution is 0.0231. The first-order valence-electron chi connectivity index (χ1n) is 9.74. The highest BCUT2D eigenvalue weighted by Crippen LogP contribution is 2.15. The van der Waals surface area contributed by atoms with Crippen molar-refractivity contribution in [3.63, 3.8) is 0 Å². The summed E-state index contributed by atoms with van der Waals surface area (Å²) in [6.07, 6.45) is 5.25. The summed E-state index contributed by atoms with van der Waals surface area (Å²) in [5.74, 6) is 5.79. The highest BCUT2D eigenvalue weighted by Gasteiger charge is 2.22. The smallest absolute Gasteiger partial charge is 0.424 e. The van der Waals surface area contributed by atoms with Crippen molar-refractivity contribution in [3.05, 3.63) is 35.9 Å². The molecule has 166 valence electrons. The number of nitrogens with two attached hydrogens (primary N) is 1. The number of carboxylic acids is 1. The van der Waals surface area contributed by atoms with Gasteiger partial charge in [0.15, 0.2) is 0 Å². The van der Waals surface area contributed by atoms with Gasteiger partial charge in [-0.2, -0.15) is 0 Å². The number of hydrogen-bond acceptors (Lipinski definition) is 10. The Hall–Kier alpha value is -3.54. The molecule has 0 spiro atoms. The number of nitrogens with zero attached hydrogens (tertiary/aromatic N) is 7. The highest BCUT2D eigenvalue weighted by molar-refractivity contribution is 5.86. The van der Waals surface area contributed by atoms with Crippen LogP contribution < -0.4 is 15.6 Å². The van der Waals surface area contributed by atoms with Crippen LogP contribution in [0.4, 0.5) is 16.7 Å². The fraction of sp³-hybridized carbons (Fsp3) is 0.474. The maximum atomic E-state index is 12.0. The Bertz CT molecular complexity index is 906.